The van der Waals surface area contributed by atoms with Crippen LogP contribution in [0.25, 0.3) is 0 Å². The molecule has 106 valence electrons. The van der Waals surface area contributed by atoms with Crippen LogP contribution in [-0.2, 0) is 25.6 Å². The third kappa shape index (κ3) is 6.41. The van der Waals surface area contributed by atoms with E-state index in [1.165, 1.54) is 4.68 Å². The van der Waals surface area contributed by atoms with Gasteiger partial charge in [0.15, 0.2) is 6.61 Å². The molecule has 0 saturated carbocycles. The fourth-order valence-electron chi connectivity index (χ4n) is 1.28. The number of esters is 1. The number of aromatic nitrogens is 2. The molecule has 0 saturated heterocycles. The van der Waals surface area contributed by atoms with Gasteiger partial charge in [-0.15, -0.1) is 0 Å². The zero-order valence-corrected chi connectivity index (χ0v) is 10.8. The Morgan fingerprint density at radius 3 is 2.95 bits per heavy atom. The lowest BCUT2D eigenvalue weighted by Gasteiger charge is -2.06. The summed E-state index contributed by atoms with van der Waals surface area (Å²) in [5, 5.41) is 6.43. The highest BCUT2D eigenvalue weighted by atomic mass is 16.5. The summed E-state index contributed by atoms with van der Waals surface area (Å²) in [6.45, 7) is 0.678. The van der Waals surface area contributed by atoms with E-state index >= 15 is 0 Å². The van der Waals surface area contributed by atoms with Gasteiger partial charge in [0.05, 0.1) is 0 Å². The van der Waals surface area contributed by atoms with Crippen LogP contribution in [0.15, 0.2) is 12.3 Å². The van der Waals surface area contributed by atoms with Gasteiger partial charge in [-0.1, -0.05) is 0 Å². The van der Waals surface area contributed by atoms with Crippen molar-refractivity contribution in [2.24, 2.45) is 0 Å². The van der Waals surface area contributed by atoms with E-state index in [0.717, 1.165) is 0 Å². The van der Waals surface area contributed by atoms with E-state index in [4.69, 9.17) is 15.2 Å². The maximum atomic E-state index is 11.4. The topological polar surface area (TPSA) is 108 Å². The number of hydrogen-bond acceptors (Lipinski definition) is 6. The fraction of sp³-hybridized carbons (Fsp3) is 0.545. The molecule has 0 aliphatic rings. The second-order valence-electron chi connectivity index (χ2n) is 3.80. The van der Waals surface area contributed by atoms with Crippen molar-refractivity contribution in [3.8, 4) is 0 Å². The van der Waals surface area contributed by atoms with E-state index in [-0.39, 0.29) is 19.1 Å². The third-order valence-electron chi connectivity index (χ3n) is 2.16. The Bertz CT molecular complexity index is 419. The summed E-state index contributed by atoms with van der Waals surface area (Å²) in [5.41, 5.74) is 5.40. The van der Waals surface area contributed by atoms with Gasteiger partial charge in [-0.05, 0) is 12.5 Å². The number of nitrogens with one attached hydrogen (secondary N) is 1. The average molecular weight is 270 g/mol. The molecule has 19 heavy (non-hydrogen) atoms. The number of rotatable bonds is 8. The first-order valence-electron chi connectivity index (χ1n) is 5.82. The Hall–Kier alpha value is -2.09. The Morgan fingerprint density at radius 1 is 1.53 bits per heavy atom. The van der Waals surface area contributed by atoms with Gasteiger partial charge < -0.3 is 20.5 Å². The predicted molar refractivity (Wildman–Crippen MR) is 67.1 cm³/mol. The second kappa shape index (κ2) is 8.09. The minimum Gasteiger partial charge on any atom is -0.454 e. The first kappa shape index (κ1) is 15.0. The van der Waals surface area contributed by atoms with Gasteiger partial charge in [-0.25, -0.2) is 0 Å². The maximum absolute atomic E-state index is 11.4. The van der Waals surface area contributed by atoms with Crippen LogP contribution in [0.2, 0.25) is 0 Å². The van der Waals surface area contributed by atoms with Gasteiger partial charge in [-0.2, -0.15) is 5.10 Å². The highest BCUT2D eigenvalue weighted by Gasteiger charge is 2.08. The zero-order chi connectivity index (χ0) is 14.1. The maximum Gasteiger partial charge on any atom is 0.328 e. The Kier molecular flexibility index (Phi) is 6.37. The van der Waals surface area contributed by atoms with Crippen molar-refractivity contribution < 1.29 is 19.1 Å². The van der Waals surface area contributed by atoms with Gasteiger partial charge in [-0.3, -0.25) is 14.3 Å². The molecule has 0 bridgehead atoms. The van der Waals surface area contributed by atoms with Gasteiger partial charge >= 0.3 is 5.97 Å². The molecule has 8 nitrogen and oxygen atoms in total. The standard InChI is InChI=1S/C11H18N4O4/c1-18-6-2-4-13-10(16)8-19-11(17)7-15-5-3-9(12)14-15/h3,5H,2,4,6-8H2,1H3,(H2,12,14)(H,13,16). The third-order valence-corrected chi connectivity index (χ3v) is 2.16. The number of hydrogen-bond donors (Lipinski definition) is 2. The second-order valence-corrected chi connectivity index (χ2v) is 3.80. The smallest absolute Gasteiger partial charge is 0.328 e. The molecule has 1 aromatic heterocycles. The van der Waals surface area contributed by atoms with E-state index < -0.39 is 5.97 Å². The molecule has 0 aliphatic carbocycles. The summed E-state index contributed by atoms with van der Waals surface area (Å²) in [7, 11) is 1.59. The van der Waals surface area contributed by atoms with Crippen molar-refractivity contribution >= 4 is 17.7 Å². The van der Waals surface area contributed by atoms with E-state index in [9.17, 15) is 9.59 Å². The molecule has 0 fully saturated rings. The summed E-state index contributed by atoms with van der Waals surface area (Å²) in [4.78, 5) is 22.7. The number of anilines is 1. The number of nitrogens with zero attached hydrogens (tertiary/aromatic N) is 2. The zero-order valence-electron chi connectivity index (χ0n) is 10.8. The van der Waals surface area contributed by atoms with E-state index in [0.29, 0.717) is 25.4 Å². The van der Waals surface area contributed by atoms with Crippen LogP contribution in [0, 0.1) is 0 Å². The highest BCUT2D eigenvalue weighted by Crippen LogP contribution is 1.96. The SMILES string of the molecule is COCCCNC(=O)COC(=O)Cn1ccc(N)n1. The lowest BCUT2D eigenvalue weighted by atomic mass is 10.4. The molecule has 1 heterocycles. The predicted octanol–water partition coefficient (Wildman–Crippen LogP) is -0.839. The number of nitrogens with two attached hydrogens (primary N) is 1. The van der Waals surface area contributed by atoms with E-state index in [1.54, 1.807) is 19.4 Å². The number of methoxy groups -OCH3 is 1. The van der Waals surface area contributed by atoms with Crippen LogP contribution in [0.3, 0.4) is 0 Å². The molecule has 0 aromatic carbocycles. The molecule has 0 spiro atoms. The van der Waals surface area contributed by atoms with Crippen LogP contribution >= 0.6 is 0 Å². The molecule has 8 heteroatoms. The minimum absolute atomic E-state index is 0.0752. The summed E-state index contributed by atoms with van der Waals surface area (Å²) in [6.07, 6.45) is 2.27. The molecule has 0 atom stereocenters. The van der Waals surface area contributed by atoms with Gasteiger partial charge in [0, 0.05) is 26.5 Å². The molecule has 0 unspecified atom stereocenters. The molecule has 0 radical (unpaired) electrons. The van der Waals surface area contributed by atoms with Gasteiger partial charge in [0.25, 0.3) is 5.91 Å². The number of carbonyl (C=O) groups excluding carboxylic acids is 2. The van der Waals surface area contributed by atoms with Crippen LogP contribution in [0.1, 0.15) is 6.42 Å². The Balaban J connectivity index is 2.14. The summed E-state index contributed by atoms with van der Waals surface area (Å²) >= 11 is 0. The van der Waals surface area contributed by atoms with Crippen molar-refractivity contribution in [2.75, 3.05) is 32.6 Å². The number of carbonyl (C=O) groups is 2. The normalized spacial score (nSPS) is 10.2. The molecule has 3 N–H and O–H groups in total. The number of amides is 1. The monoisotopic (exact) mass is 270 g/mol. The quantitative estimate of drug-likeness (QED) is 0.471. The first-order chi connectivity index (χ1) is 9.11. The average Bonchev–Trinajstić information content (AvgIpc) is 2.77. The van der Waals surface area contributed by atoms with Crippen molar-refractivity contribution in [3.05, 3.63) is 12.3 Å². The molecule has 0 aliphatic heterocycles. The lowest BCUT2D eigenvalue weighted by molar-refractivity contribution is -0.149. The lowest BCUT2D eigenvalue weighted by Crippen LogP contribution is -2.30. The molecular weight excluding hydrogens is 252 g/mol. The van der Waals surface area contributed by atoms with Crippen LogP contribution in [0.5, 0.6) is 0 Å². The summed E-state index contributed by atoms with van der Waals surface area (Å²) in [6, 6.07) is 1.57. The van der Waals surface area contributed by atoms with Gasteiger partial charge in [0.1, 0.15) is 12.4 Å². The fourth-order valence-corrected chi connectivity index (χ4v) is 1.28. The summed E-state index contributed by atoms with van der Waals surface area (Å²) in [5.74, 6) is -0.566. The van der Waals surface area contributed by atoms with Crippen molar-refractivity contribution in [1.29, 1.82) is 0 Å². The largest absolute Gasteiger partial charge is 0.454 e. The number of nitrogen functional groups attached to an aromatic ring is 1. The van der Waals surface area contributed by atoms with Gasteiger partial charge in [0.2, 0.25) is 0 Å². The molecule has 1 aromatic rings. The first-order valence-corrected chi connectivity index (χ1v) is 5.82. The van der Waals surface area contributed by atoms with Crippen LogP contribution in [-0.4, -0.2) is 48.5 Å². The Morgan fingerprint density at radius 2 is 2.32 bits per heavy atom. The van der Waals surface area contributed by atoms with Crippen molar-refractivity contribution in [1.82, 2.24) is 15.1 Å². The van der Waals surface area contributed by atoms with E-state index in [1.807, 2.05) is 0 Å². The highest BCUT2D eigenvalue weighted by molar-refractivity contribution is 5.80. The molecule has 1 rings (SSSR count). The number of ether oxygens (including phenoxy) is 2. The van der Waals surface area contributed by atoms with E-state index in [2.05, 4.69) is 10.4 Å². The van der Waals surface area contributed by atoms with Crippen molar-refractivity contribution in [2.45, 2.75) is 13.0 Å². The van der Waals surface area contributed by atoms with Crippen LogP contribution in [0.4, 0.5) is 5.82 Å². The van der Waals surface area contributed by atoms with Crippen molar-refractivity contribution in [3.63, 3.8) is 0 Å². The minimum atomic E-state index is -0.546. The summed E-state index contributed by atoms with van der Waals surface area (Å²) < 4.78 is 11.0. The van der Waals surface area contributed by atoms with Crippen LogP contribution < -0.4 is 11.1 Å². The molecule has 1 amide bonds. The molecular formula is C11H18N4O4. The Labute approximate surface area is 110 Å².